The summed E-state index contributed by atoms with van der Waals surface area (Å²) in [5.74, 6) is -2.66. The Morgan fingerprint density at radius 1 is 1.07 bits per heavy atom. The van der Waals surface area contributed by atoms with Crippen molar-refractivity contribution in [3.8, 4) is 0 Å². The Balaban J connectivity index is 2.20. The lowest BCUT2D eigenvalue weighted by atomic mass is 9.90. The molecule has 0 radical (unpaired) electrons. The van der Waals surface area contributed by atoms with E-state index in [0.29, 0.717) is 0 Å². The zero-order chi connectivity index (χ0) is 20.5. The lowest BCUT2D eigenvalue weighted by Gasteiger charge is -2.46. The van der Waals surface area contributed by atoms with Gasteiger partial charge in [0.1, 0.15) is 24.4 Å². The third kappa shape index (κ3) is 4.57. The van der Waals surface area contributed by atoms with E-state index in [0.717, 1.165) is 0 Å². The Labute approximate surface area is 155 Å². The summed E-state index contributed by atoms with van der Waals surface area (Å²) in [5, 5.41) is 52.2. The van der Waals surface area contributed by atoms with Crippen LogP contribution in [0.15, 0.2) is 0 Å². The third-order valence-corrected chi connectivity index (χ3v) is 4.98. The first-order valence-electron chi connectivity index (χ1n) is 8.69. The Morgan fingerprint density at radius 3 is 2.22 bits per heavy atom. The second-order valence-corrected chi connectivity index (χ2v) is 6.98. The fourth-order valence-corrected chi connectivity index (χ4v) is 3.44. The van der Waals surface area contributed by atoms with Crippen molar-refractivity contribution in [3.05, 3.63) is 0 Å². The fraction of sp³-hybridized carbons (Fsp3) is 0.875. The molecular formula is C16H27NO10. The van der Waals surface area contributed by atoms with Gasteiger partial charge in [-0.1, -0.05) is 6.92 Å². The zero-order valence-corrected chi connectivity index (χ0v) is 15.3. The lowest BCUT2D eigenvalue weighted by molar-refractivity contribution is -0.322. The smallest absolute Gasteiger partial charge is 0.333 e. The summed E-state index contributed by atoms with van der Waals surface area (Å²) in [6.45, 7) is 3.73. The minimum atomic E-state index is -1.58. The minimum Gasteiger partial charge on any atom is -0.479 e. The van der Waals surface area contributed by atoms with Gasteiger partial charge >= 0.3 is 5.97 Å². The normalized spacial score (nSPS) is 45.3. The summed E-state index contributed by atoms with van der Waals surface area (Å²) in [7, 11) is 0. The second kappa shape index (κ2) is 8.78. The first-order chi connectivity index (χ1) is 12.6. The summed E-state index contributed by atoms with van der Waals surface area (Å²) < 4.78 is 16.4. The van der Waals surface area contributed by atoms with Gasteiger partial charge in [-0.15, -0.1) is 0 Å². The van der Waals surface area contributed by atoms with Crippen molar-refractivity contribution >= 4 is 11.9 Å². The predicted octanol–water partition coefficient (Wildman–Crippen LogP) is -2.82. The Kier molecular flexibility index (Phi) is 7.14. The third-order valence-electron chi connectivity index (χ3n) is 4.98. The summed E-state index contributed by atoms with van der Waals surface area (Å²) in [4.78, 5) is 22.7. The number of aliphatic carboxylic acids is 1. The van der Waals surface area contributed by atoms with E-state index < -0.39 is 79.5 Å². The van der Waals surface area contributed by atoms with Crippen molar-refractivity contribution in [3.63, 3.8) is 0 Å². The molecule has 0 aliphatic carbocycles. The number of carboxylic acid groups (broad SMARTS) is 1. The first kappa shape index (κ1) is 22.0. The van der Waals surface area contributed by atoms with Gasteiger partial charge in [0.25, 0.3) is 0 Å². The largest absolute Gasteiger partial charge is 0.479 e. The van der Waals surface area contributed by atoms with Crippen LogP contribution in [0.5, 0.6) is 0 Å². The average Bonchev–Trinajstić information content (AvgIpc) is 2.60. The van der Waals surface area contributed by atoms with Crippen LogP contribution in [0.1, 0.15) is 20.8 Å². The van der Waals surface area contributed by atoms with Gasteiger partial charge in [-0.05, 0) is 6.92 Å². The van der Waals surface area contributed by atoms with Crippen LogP contribution >= 0.6 is 0 Å². The SMILES string of the molecule is CC(=O)NC1C(C)OC(CO)C(OC2OC(C(=O)O)C(C)C(O)C2O)C1O. The molecule has 1 amide bonds. The molecule has 0 bridgehead atoms. The number of carbonyl (C=O) groups is 2. The van der Waals surface area contributed by atoms with Crippen LogP contribution in [-0.4, -0.2) is 99.1 Å². The van der Waals surface area contributed by atoms with Crippen molar-refractivity contribution in [2.75, 3.05) is 6.61 Å². The molecule has 2 fully saturated rings. The van der Waals surface area contributed by atoms with E-state index in [9.17, 15) is 35.1 Å². The highest BCUT2D eigenvalue weighted by Gasteiger charge is 2.50. The number of hydrogen-bond donors (Lipinski definition) is 6. The molecule has 2 aliphatic rings. The molecule has 0 spiro atoms. The Bertz CT molecular complexity index is 545. The van der Waals surface area contributed by atoms with E-state index in [4.69, 9.17) is 14.2 Å². The molecule has 10 unspecified atom stereocenters. The van der Waals surface area contributed by atoms with Gasteiger partial charge < -0.3 is 45.1 Å². The highest BCUT2D eigenvalue weighted by atomic mass is 16.7. The molecule has 10 atom stereocenters. The highest BCUT2D eigenvalue weighted by molar-refractivity contribution is 5.73. The van der Waals surface area contributed by atoms with Crippen LogP contribution in [-0.2, 0) is 23.8 Å². The monoisotopic (exact) mass is 393 g/mol. The van der Waals surface area contributed by atoms with Crippen LogP contribution in [0.4, 0.5) is 0 Å². The standard InChI is InChI=1S/C16H27NO10/c1-5-10(20)12(22)16(26-13(5)15(23)24)27-14-8(4-18)25-6(2)9(11(14)21)17-7(3)19/h5-6,8-14,16,18,20-22H,4H2,1-3H3,(H,17,19)(H,23,24). The van der Waals surface area contributed by atoms with Gasteiger partial charge in [0.15, 0.2) is 12.4 Å². The van der Waals surface area contributed by atoms with E-state index in [2.05, 4.69) is 5.32 Å². The van der Waals surface area contributed by atoms with Crippen LogP contribution in [0.3, 0.4) is 0 Å². The topological polar surface area (TPSA) is 175 Å². The highest BCUT2D eigenvalue weighted by Crippen LogP contribution is 2.31. The van der Waals surface area contributed by atoms with E-state index in [1.807, 2.05) is 0 Å². The quantitative estimate of drug-likeness (QED) is 0.286. The number of amides is 1. The van der Waals surface area contributed by atoms with Crippen molar-refractivity contribution in [1.82, 2.24) is 5.32 Å². The summed E-state index contributed by atoms with van der Waals surface area (Å²) >= 11 is 0. The second-order valence-electron chi connectivity index (χ2n) is 6.98. The Hall–Kier alpha value is -1.34. The van der Waals surface area contributed by atoms with Crippen LogP contribution in [0.25, 0.3) is 0 Å². The molecule has 0 aromatic heterocycles. The summed E-state index contributed by atoms with van der Waals surface area (Å²) in [5.41, 5.74) is 0. The maximum atomic E-state index is 11.4. The molecule has 0 aromatic rings. The molecule has 6 N–H and O–H groups in total. The number of hydrogen-bond acceptors (Lipinski definition) is 9. The first-order valence-corrected chi connectivity index (χ1v) is 8.69. The number of carbonyl (C=O) groups excluding carboxylic acids is 1. The number of aliphatic hydroxyl groups excluding tert-OH is 4. The van der Waals surface area contributed by atoms with E-state index in [-0.39, 0.29) is 0 Å². The summed E-state index contributed by atoms with van der Waals surface area (Å²) in [6.07, 6.45) is -10.3. The molecule has 0 aromatic carbocycles. The van der Waals surface area contributed by atoms with Crippen molar-refractivity contribution in [1.29, 1.82) is 0 Å². The molecule has 156 valence electrons. The number of rotatable bonds is 5. The number of nitrogens with one attached hydrogen (secondary N) is 1. The molecule has 11 nitrogen and oxygen atoms in total. The molecule has 2 saturated heterocycles. The molecule has 0 saturated carbocycles. The van der Waals surface area contributed by atoms with Crippen LogP contribution in [0.2, 0.25) is 0 Å². The number of aliphatic hydroxyl groups is 4. The van der Waals surface area contributed by atoms with Crippen LogP contribution in [0, 0.1) is 5.92 Å². The summed E-state index contributed by atoms with van der Waals surface area (Å²) in [6, 6.07) is -0.866. The van der Waals surface area contributed by atoms with Gasteiger partial charge in [0.2, 0.25) is 5.91 Å². The van der Waals surface area contributed by atoms with Gasteiger partial charge in [-0.2, -0.15) is 0 Å². The molecule has 2 heterocycles. The molecule has 2 rings (SSSR count). The minimum absolute atomic E-state index is 0.417. The van der Waals surface area contributed by atoms with Gasteiger partial charge in [-0.3, -0.25) is 4.79 Å². The van der Waals surface area contributed by atoms with Crippen molar-refractivity contribution in [2.24, 2.45) is 5.92 Å². The maximum absolute atomic E-state index is 11.4. The average molecular weight is 393 g/mol. The molecule has 27 heavy (non-hydrogen) atoms. The maximum Gasteiger partial charge on any atom is 0.333 e. The van der Waals surface area contributed by atoms with Crippen molar-refractivity contribution in [2.45, 2.75) is 75.8 Å². The predicted molar refractivity (Wildman–Crippen MR) is 87.4 cm³/mol. The molecule has 11 heteroatoms. The van der Waals surface area contributed by atoms with E-state index in [1.165, 1.54) is 13.8 Å². The van der Waals surface area contributed by atoms with E-state index in [1.54, 1.807) is 6.92 Å². The van der Waals surface area contributed by atoms with E-state index >= 15 is 0 Å². The van der Waals surface area contributed by atoms with Gasteiger partial charge in [0, 0.05) is 12.8 Å². The fourth-order valence-electron chi connectivity index (χ4n) is 3.44. The Morgan fingerprint density at radius 2 is 1.70 bits per heavy atom. The number of ether oxygens (including phenoxy) is 3. The zero-order valence-electron chi connectivity index (χ0n) is 15.3. The number of carboxylic acids is 1. The van der Waals surface area contributed by atoms with Crippen molar-refractivity contribution < 1.29 is 49.3 Å². The molecule has 2 aliphatic heterocycles. The van der Waals surface area contributed by atoms with Crippen LogP contribution < -0.4 is 5.32 Å². The lowest BCUT2D eigenvalue weighted by Crippen LogP contribution is -2.66. The van der Waals surface area contributed by atoms with Gasteiger partial charge in [-0.25, -0.2) is 4.79 Å². The molecular weight excluding hydrogens is 366 g/mol. The van der Waals surface area contributed by atoms with Gasteiger partial charge in [0.05, 0.1) is 24.9 Å².